The smallest absolute Gasteiger partial charge is 0.125 e. The van der Waals surface area contributed by atoms with Gasteiger partial charge in [0.1, 0.15) is 5.82 Å². The number of benzene rings is 1. The molecule has 17 heavy (non-hydrogen) atoms. The zero-order valence-corrected chi connectivity index (χ0v) is 11.1. The molecule has 1 aromatic carbocycles. The Kier molecular flexibility index (Phi) is 4.52. The molecule has 1 N–H and O–H groups in total. The standard InChI is InChI=1S/C14H22FNO/c1-14(2,3)13(17)8-9-16(4)12-7-5-6-11(15)10-12/h5-7,10,13,17H,8-9H2,1-4H3. The number of nitrogens with zero attached hydrogens (tertiary/aromatic N) is 1. The van der Waals surface area contributed by atoms with Gasteiger partial charge in [0.25, 0.3) is 0 Å². The van der Waals surface area contributed by atoms with Gasteiger partial charge in [0.15, 0.2) is 0 Å². The number of halogens is 1. The largest absolute Gasteiger partial charge is 0.393 e. The Morgan fingerprint density at radius 1 is 1.35 bits per heavy atom. The van der Waals surface area contributed by atoms with Gasteiger partial charge in [-0.1, -0.05) is 26.8 Å². The van der Waals surface area contributed by atoms with E-state index in [1.807, 2.05) is 38.8 Å². The molecule has 0 heterocycles. The van der Waals surface area contributed by atoms with E-state index in [9.17, 15) is 9.50 Å². The predicted molar refractivity (Wildman–Crippen MR) is 69.7 cm³/mol. The third kappa shape index (κ3) is 4.35. The molecule has 0 amide bonds. The Balaban J connectivity index is 2.53. The van der Waals surface area contributed by atoms with Crippen LogP contribution >= 0.6 is 0 Å². The average molecular weight is 239 g/mol. The van der Waals surface area contributed by atoms with Crippen molar-refractivity contribution in [2.45, 2.75) is 33.3 Å². The quantitative estimate of drug-likeness (QED) is 0.873. The summed E-state index contributed by atoms with van der Waals surface area (Å²) in [6.45, 7) is 6.75. The fourth-order valence-electron chi connectivity index (χ4n) is 1.59. The summed E-state index contributed by atoms with van der Waals surface area (Å²) in [4.78, 5) is 1.96. The summed E-state index contributed by atoms with van der Waals surface area (Å²) in [7, 11) is 1.91. The van der Waals surface area contributed by atoms with Crippen molar-refractivity contribution in [2.75, 3.05) is 18.5 Å². The second kappa shape index (κ2) is 5.50. The highest BCUT2D eigenvalue weighted by atomic mass is 19.1. The summed E-state index contributed by atoms with van der Waals surface area (Å²) in [6.07, 6.45) is 0.328. The van der Waals surface area contributed by atoms with Crippen LogP contribution in [0.2, 0.25) is 0 Å². The van der Waals surface area contributed by atoms with Crippen LogP contribution in [-0.2, 0) is 0 Å². The van der Waals surface area contributed by atoms with E-state index in [0.29, 0.717) is 13.0 Å². The lowest BCUT2D eigenvalue weighted by Gasteiger charge is -2.28. The number of anilines is 1. The highest BCUT2D eigenvalue weighted by Crippen LogP contribution is 2.22. The Labute approximate surface area is 103 Å². The van der Waals surface area contributed by atoms with Gasteiger partial charge in [-0.3, -0.25) is 0 Å². The van der Waals surface area contributed by atoms with Crippen LogP contribution in [0.25, 0.3) is 0 Å². The molecule has 2 nitrogen and oxygen atoms in total. The normalized spacial score (nSPS) is 13.5. The van der Waals surface area contributed by atoms with E-state index in [4.69, 9.17) is 0 Å². The van der Waals surface area contributed by atoms with E-state index in [1.165, 1.54) is 12.1 Å². The van der Waals surface area contributed by atoms with Crippen molar-refractivity contribution in [1.82, 2.24) is 0 Å². The van der Waals surface area contributed by atoms with Crippen LogP contribution in [0.1, 0.15) is 27.2 Å². The molecule has 1 unspecified atom stereocenters. The van der Waals surface area contributed by atoms with E-state index in [-0.39, 0.29) is 17.3 Å². The summed E-state index contributed by atoms with van der Waals surface area (Å²) >= 11 is 0. The van der Waals surface area contributed by atoms with E-state index in [1.54, 1.807) is 6.07 Å². The lowest BCUT2D eigenvalue weighted by Crippen LogP contribution is -2.31. The van der Waals surface area contributed by atoms with Gasteiger partial charge in [0, 0.05) is 19.3 Å². The molecule has 1 aromatic rings. The summed E-state index contributed by atoms with van der Waals surface area (Å²) in [5.74, 6) is -0.231. The molecule has 96 valence electrons. The highest BCUT2D eigenvalue weighted by Gasteiger charge is 2.22. The van der Waals surface area contributed by atoms with Gasteiger partial charge in [-0.05, 0) is 30.0 Å². The molecular weight excluding hydrogens is 217 g/mol. The van der Waals surface area contributed by atoms with Gasteiger partial charge in [0.05, 0.1) is 6.10 Å². The van der Waals surface area contributed by atoms with Crippen LogP contribution in [0.3, 0.4) is 0 Å². The van der Waals surface area contributed by atoms with E-state index in [0.717, 1.165) is 5.69 Å². The van der Waals surface area contributed by atoms with Crippen LogP contribution in [0.15, 0.2) is 24.3 Å². The Bertz CT molecular complexity index is 359. The third-order valence-electron chi connectivity index (χ3n) is 2.99. The van der Waals surface area contributed by atoms with Crippen LogP contribution in [-0.4, -0.2) is 24.8 Å². The first-order valence-electron chi connectivity index (χ1n) is 5.95. The molecule has 3 heteroatoms. The van der Waals surface area contributed by atoms with Gasteiger partial charge in [-0.2, -0.15) is 0 Å². The minimum absolute atomic E-state index is 0.108. The molecule has 0 saturated carbocycles. The summed E-state index contributed by atoms with van der Waals surface area (Å²) in [6, 6.07) is 6.50. The maximum absolute atomic E-state index is 13.0. The number of hydrogen-bond acceptors (Lipinski definition) is 2. The molecule has 0 spiro atoms. The molecule has 1 rings (SSSR count). The minimum atomic E-state index is -0.349. The van der Waals surface area contributed by atoms with E-state index in [2.05, 4.69) is 0 Å². The second-order valence-electron chi connectivity index (χ2n) is 5.57. The SMILES string of the molecule is CN(CCC(O)C(C)(C)C)c1cccc(F)c1. The maximum Gasteiger partial charge on any atom is 0.125 e. The van der Waals surface area contributed by atoms with Crippen molar-refractivity contribution in [3.05, 3.63) is 30.1 Å². The number of aliphatic hydroxyl groups is 1. The van der Waals surface area contributed by atoms with E-state index < -0.39 is 0 Å². The maximum atomic E-state index is 13.0. The first-order chi connectivity index (χ1) is 7.80. The van der Waals surface area contributed by atoms with E-state index >= 15 is 0 Å². The first kappa shape index (κ1) is 14.0. The zero-order valence-electron chi connectivity index (χ0n) is 11.1. The minimum Gasteiger partial charge on any atom is -0.393 e. The Morgan fingerprint density at radius 2 is 2.00 bits per heavy atom. The molecule has 0 radical (unpaired) electrons. The average Bonchev–Trinajstić information content (AvgIpc) is 2.24. The fraction of sp³-hybridized carbons (Fsp3) is 0.571. The summed E-state index contributed by atoms with van der Waals surface area (Å²) < 4.78 is 13.0. The molecular formula is C14H22FNO. The van der Waals surface area contributed by atoms with Crippen molar-refractivity contribution in [3.63, 3.8) is 0 Å². The summed E-state index contributed by atoms with van der Waals surface area (Å²) in [5.41, 5.74) is 0.731. The number of rotatable bonds is 4. The predicted octanol–water partition coefficient (Wildman–Crippen LogP) is 3.06. The lowest BCUT2D eigenvalue weighted by atomic mass is 9.87. The van der Waals surface area contributed by atoms with Crippen LogP contribution in [0.4, 0.5) is 10.1 Å². The fourth-order valence-corrected chi connectivity index (χ4v) is 1.59. The molecule has 0 aliphatic carbocycles. The van der Waals surface area contributed by atoms with Crippen LogP contribution < -0.4 is 4.90 Å². The third-order valence-corrected chi connectivity index (χ3v) is 2.99. The van der Waals surface area contributed by atoms with Gasteiger partial charge in [0.2, 0.25) is 0 Å². The Morgan fingerprint density at radius 3 is 2.53 bits per heavy atom. The second-order valence-corrected chi connectivity index (χ2v) is 5.57. The van der Waals surface area contributed by atoms with Crippen molar-refractivity contribution in [2.24, 2.45) is 5.41 Å². The molecule has 0 fully saturated rings. The topological polar surface area (TPSA) is 23.5 Å². The zero-order chi connectivity index (χ0) is 13.1. The summed E-state index contributed by atoms with van der Waals surface area (Å²) in [5, 5.41) is 9.94. The van der Waals surface area contributed by atoms with Gasteiger partial charge >= 0.3 is 0 Å². The monoisotopic (exact) mass is 239 g/mol. The molecule has 0 aromatic heterocycles. The van der Waals surface area contributed by atoms with Gasteiger partial charge < -0.3 is 10.0 Å². The Hall–Kier alpha value is -1.09. The number of hydrogen-bond donors (Lipinski definition) is 1. The molecule has 0 aliphatic heterocycles. The van der Waals surface area contributed by atoms with Crippen molar-refractivity contribution in [1.29, 1.82) is 0 Å². The van der Waals surface area contributed by atoms with Gasteiger partial charge in [-0.25, -0.2) is 4.39 Å². The molecule has 0 aliphatic rings. The molecule has 0 saturated heterocycles. The van der Waals surface area contributed by atoms with Crippen molar-refractivity contribution >= 4 is 5.69 Å². The van der Waals surface area contributed by atoms with Gasteiger partial charge in [-0.15, -0.1) is 0 Å². The lowest BCUT2D eigenvalue weighted by molar-refractivity contribution is 0.0576. The number of aliphatic hydroxyl groups excluding tert-OH is 1. The van der Waals surface area contributed by atoms with Crippen molar-refractivity contribution < 1.29 is 9.50 Å². The first-order valence-corrected chi connectivity index (χ1v) is 5.95. The molecule has 1 atom stereocenters. The van der Waals surface area contributed by atoms with Crippen LogP contribution in [0.5, 0.6) is 0 Å². The molecule has 0 bridgehead atoms. The van der Waals surface area contributed by atoms with Crippen LogP contribution in [0, 0.1) is 11.2 Å². The highest BCUT2D eigenvalue weighted by molar-refractivity contribution is 5.45. The van der Waals surface area contributed by atoms with Crippen molar-refractivity contribution in [3.8, 4) is 0 Å².